The van der Waals surface area contributed by atoms with Gasteiger partial charge >= 0.3 is 6.03 Å². The second kappa shape index (κ2) is 10.2. The van der Waals surface area contributed by atoms with Crippen molar-refractivity contribution in [3.8, 4) is 5.75 Å². The Bertz CT molecular complexity index is 945. The highest BCUT2D eigenvalue weighted by Crippen LogP contribution is 2.26. The lowest BCUT2D eigenvalue weighted by atomic mass is 10.2. The van der Waals surface area contributed by atoms with Gasteiger partial charge in [-0.2, -0.15) is 0 Å². The summed E-state index contributed by atoms with van der Waals surface area (Å²) in [6, 6.07) is 7.24. The largest absolute Gasteiger partial charge is 0.490 e. The summed E-state index contributed by atoms with van der Waals surface area (Å²) in [7, 11) is 1.46. The minimum Gasteiger partial charge on any atom is -0.490 e. The molecule has 4 rings (SSSR count). The van der Waals surface area contributed by atoms with Gasteiger partial charge in [0.15, 0.2) is 0 Å². The first-order valence-corrected chi connectivity index (χ1v) is 10.9. The average molecular weight is 440 g/mol. The van der Waals surface area contributed by atoms with E-state index in [4.69, 9.17) is 15.3 Å². The molecule has 1 unspecified atom stereocenters. The molecule has 170 valence electrons. The van der Waals surface area contributed by atoms with Crippen molar-refractivity contribution in [1.29, 1.82) is 0 Å². The van der Waals surface area contributed by atoms with Gasteiger partial charge in [-0.1, -0.05) is 5.16 Å². The molecule has 10 heteroatoms. The van der Waals surface area contributed by atoms with Crippen LogP contribution in [-0.2, 0) is 4.84 Å². The number of nitrogens with zero attached hydrogens (tertiary/aromatic N) is 4. The van der Waals surface area contributed by atoms with Crippen molar-refractivity contribution in [3.05, 3.63) is 36.2 Å². The zero-order chi connectivity index (χ0) is 22.3. The maximum atomic E-state index is 12.5. The number of amides is 2. The Kier molecular flexibility index (Phi) is 6.88. The molecule has 2 aromatic rings. The van der Waals surface area contributed by atoms with E-state index in [2.05, 4.69) is 30.7 Å². The topological polar surface area (TPSA) is 127 Å². The van der Waals surface area contributed by atoms with E-state index in [1.54, 1.807) is 0 Å². The molecule has 2 fully saturated rings. The van der Waals surface area contributed by atoms with Crippen molar-refractivity contribution in [2.24, 2.45) is 5.16 Å². The molecule has 0 spiro atoms. The van der Waals surface area contributed by atoms with Gasteiger partial charge in [-0.25, -0.2) is 14.8 Å². The van der Waals surface area contributed by atoms with Crippen LogP contribution < -0.4 is 26.0 Å². The van der Waals surface area contributed by atoms with E-state index < -0.39 is 0 Å². The summed E-state index contributed by atoms with van der Waals surface area (Å²) in [6.45, 7) is 1.33. The van der Waals surface area contributed by atoms with Crippen LogP contribution in [0.25, 0.3) is 0 Å². The lowest BCUT2D eigenvalue weighted by molar-refractivity contribution is 0.210. The molecule has 1 atom stereocenters. The molecule has 1 saturated carbocycles. The summed E-state index contributed by atoms with van der Waals surface area (Å²) in [5, 5.41) is 9.69. The van der Waals surface area contributed by atoms with Gasteiger partial charge in [0.05, 0.1) is 17.9 Å². The summed E-state index contributed by atoms with van der Waals surface area (Å²) in [4.78, 5) is 27.7. The Morgan fingerprint density at radius 2 is 2.00 bits per heavy atom. The molecule has 1 aliphatic carbocycles. The maximum absolute atomic E-state index is 12.5. The van der Waals surface area contributed by atoms with Crippen LogP contribution in [0, 0.1) is 0 Å². The van der Waals surface area contributed by atoms with Crippen LogP contribution >= 0.6 is 0 Å². The Balaban J connectivity index is 1.30. The quantitative estimate of drug-likeness (QED) is 0.447. The zero-order valence-electron chi connectivity index (χ0n) is 18.2. The van der Waals surface area contributed by atoms with Gasteiger partial charge in [0, 0.05) is 24.8 Å². The van der Waals surface area contributed by atoms with E-state index in [9.17, 15) is 4.79 Å². The summed E-state index contributed by atoms with van der Waals surface area (Å²) in [5.41, 5.74) is 7.29. The van der Waals surface area contributed by atoms with E-state index in [1.807, 2.05) is 24.3 Å². The van der Waals surface area contributed by atoms with Crippen LogP contribution in [-0.4, -0.2) is 54.6 Å². The number of benzene rings is 1. The molecule has 1 saturated heterocycles. The number of aromatic nitrogens is 2. The number of nitrogen functional groups attached to an aromatic ring is 1. The second-order valence-corrected chi connectivity index (χ2v) is 7.99. The van der Waals surface area contributed by atoms with Crippen molar-refractivity contribution in [3.63, 3.8) is 0 Å². The van der Waals surface area contributed by atoms with Gasteiger partial charge in [-0.15, -0.1) is 0 Å². The average Bonchev–Trinajstić information content (AvgIpc) is 3.46. The lowest BCUT2D eigenvalue weighted by Gasteiger charge is -2.20. The van der Waals surface area contributed by atoms with Gasteiger partial charge in [0.2, 0.25) is 0 Å². The Morgan fingerprint density at radius 3 is 2.75 bits per heavy atom. The van der Waals surface area contributed by atoms with Crippen molar-refractivity contribution in [1.82, 2.24) is 15.3 Å². The zero-order valence-corrected chi connectivity index (χ0v) is 18.2. The number of oxime groups is 1. The lowest BCUT2D eigenvalue weighted by Crippen LogP contribution is -2.40. The van der Waals surface area contributed by atoms with E-state index >= 15 is 0 Å². The minimum atomic E-state index is -0.246. The normalized spacial score (nSPS) is 18.8. The van der Waals surface area contributed by atoms with Gasteiger partial charge in [-0.3, -0.25) is 0 Å². The Labute approximate surface area is 187 Å². The predicted octanol–water partition coefficient (Wildman–Crippen LogP) is 2.76. The van der Waals surface area contributed by atoms with E-state index in [0.717, 1.165) is 37.2 Å². The summed E-state index contributed by atoms with van der Waals surface area (Å²) >= 11 is 0. The number of carbonyl (C=O) groups is 1. The third-order valence-electron chi connectivity index (χ3n) is 5.72. The third kappa shape index (κ3) is 5.37. The smallest absolute Gasteiger partial charge is 0.319 e. The summed E-state index contributed by atoms with van der Waals surface area (Å²) in [5.74, 6) is 1.83. The molecule has 1 aliphatic heterocycles. The van der Waals surface area contributed by atoms with Gasteiger partial charge < -0.3 is 30.8 Å². The number of carbonyl (C=O) groups excluding carboxylic acids is 1. The third-order valence-corrected chi connectivity index (χ3v) is 5.72. The first-order valence-electron chi connectivity index (χ1n) is 10.9. The van der Waals surface area contributed by atoms with Gasteiger partial charge in [0.1, 0.15) is 30.8 Å². The molecule has 2 amide bonds. The fourth-order valence-electron chi connectivity index (χ4n) is 4.12. The first-order chi connectivity index (χ1) is 15.6. The molecule has 2 heterocycles. The molecule has 2 aliphatic rings. The first kappa shape index (κ1) is 21.7. The van der Waals surface area contributed by atoms with Crippen LogP contribution in [0.2, 0.25) is 0 Å². The van der Waals surface area contributed by atoms with Gasteiger partial charge in [0.25, 0.3) is 0 Å². The Morgan fingerprint density at radius 1 is 1.22 bits per heavy atom. The molecule has 0 radical (unpaired) electrons. The number of nitrogens with two attached hydrogens (primary N) is 1. The highest BCUT2D eigenvalue weighted by Gasteiger charge is 2.27. The van der Waals surface area contributed by atoms with Crippen LogP contribution in [0.1, 0.15) is 37.7 Å². The fraction of sp³-hybridized carbons (Fsp3) is 0.455. The molecular formula is C22H29N7O3. The van der Waals surface area contributed by atoms with Crippen molar-refractivity contribution in [2.75, 3.05) is 36.1 Å². The number of anilines is 3. The molecule has 1 aromatic heterocycles. The number of hydrogen-bond acceptors (Lipinski definition) is 8. The number of rotatable bonds is 7. The minimum absolute atomic E-state index is 0.0247. The maximum Gasteiger partial charge on any atom is 0.319 e. The number of hydrogen-bond donors (Lipinski definition) is 3. The highest BCUT2D eigenvalue weighted by molar-refractivity contribution is 5.92. The van der Waals surface area contributed by atoms with E-state index in [1.165, 1.54) is 32.5 Å². The highest BCUT2D eigenvalue weighted by atomic mass is 16.6. The van der Waals surface area contributed by atoms with Crippen molar-refractivity contribution in [2.45, 2.75) is 44.2 Å². The van der Waals surface area contributed by atoms with Crippen molar-refractivity contribution < 1.29 is 14.4 Å². The number of ether oxygens (including phenoxy) is 1. The van der Waals surface area contributed by atoms with Crippen LogP contribution in [0.5, 0.6) is 5.75 Å². The monoisotopic (exact) mass is 439 g/mol. The number of nitrogens with one attached hydrogen (secondary N) is 2. The fourth-order valence-corrected chi connectivity index (χ4v) is 4.12. The SMILES string of the molecule is CO/N=C/c1c(N)ncnc1N1CCC(NC(=O)Nc2ccc(OC3CCCC3)cc2)C1. The van der Waals surface area contributed by atoms with Crippen LogP contribution in [0.3, 0.4) is 0 Å². The predicted molar refractivity (Wildman–Crippen MR) is 123 cm³/mol. The van der Waals surface area contributed by atoms with Crippen LogP contribution in [0.15, 0.2) is 35.7 Å². The molecular weight excluding hydrogens is 410 g/mol. The number of urea groups is 1. The molecule has 4 N–H and O–H groups in total. The van der Waals surface area contributed by atoms with Gasteiger partial charge in [-0.05, 0) is 56.4 Å². The molecule has 10 nitrogen and oxygen atoms in total. The standard InChI is InChI=1S/C22H29N7O3/c1-31-26-12-19-20(23)24-14-25-21(19)29-11-10-16(13-29)28-22(30)27-15-6-8-18(9-7-15)32-17-4-2-3-5-17/h6-9,12,14,16-17H,2-5,10-11,13H2,1H3,(H2,23,24,25)(H2,27,28,30)/b26-12+. The Hall–Kier alpha value is -3.56. The summed E-state index contributed by atoms with van der Waals surface area (Å²) < 4.78 is 5.97. The summed E-state index contributed by atoms with van der Waals surface area (Å²) in [6.07, 6.45) is 8.71. The van der Waals surface area contributed by atoms with Crippen LogP contribution in [0.4, 0.5) is 22.1 Å². The molecule has 0 bridgehead atoms. The second-order valence-electron chi connectivity index (χ2n) is 7.99. The van der Waals surface area contributed by atoms with Crippen molar-refractivity contribution >= 4 is 29.6 Å². The molecule has 32 heavy (non-hydrogen) atoms. The van der Waals surface area contributed by atoms with E-state index in [-0.39, 0.29) is 12.1 Å². The molecule has 1 aromatic carbocycles. The van der Waals surface area contributed by atoms with E-state index in [0.29, 0.717) is 29.8 Å².